The Morgan fingerprint density at radius 2 is 1.42 bits per heavy atom. The van der Waals surface area contributed by atoms with Gasteiger partial charge in [0.25, 0.3) is 5.91 Å². The number of aldehydes is 1. The molecular weight excluding hydrogens is 619 g/mol. The zero-order valence-corrected chi connectivity index (χ0v) is 25.1. The number of carbonyl (C=O) groups excluding carboxylic acids is 2. The number of hydrogen-bond acceptors (Lipinski definition) is 9. The molecule has 0 radical (unpaired) electrons. The van der Waals surface area contributed by atoms with Gasteiger partial charge in [-0.05, 0) is 66.7 Å². The van der Waals surface area contributed by atoms with Crippen LogP contribution in [0.1, 0.15) is 32.6 Å². The second kappa shape index (κ2) is 15.1. The highest BCUT2D eigenvalue weighted by molar-refractivity contribution is 6.42. The topological polar surface area (TPSA) is 135 Å². The van der Waals surface area contributed by atoms with Crippen LogP contribution in [0.5, 0.6) is 23.3 Å². The summed E-state index contributed by atoms with van der Waals surface area (Å²) in [6, 6.07) is 25.6. The van der Waals surface area contributed by atoms with Crippen molar-refractivity contribution in [2.45, 2.75) is 6.29 Å². The number of rotatable bonds is 8. The van der Waals surface area contributed by atoms with Gasteiger partial charge in [0.15, 0.2) is 6.29 Å². The third kappa shape index (κ3) is 9.01. The van der Waals surface area contributed by atoms with Gasteiger partial charge in [0.05, 0.1) is 47.0 Å². The number of aromatic nitrogens is 2. The number of nitrogens with two attached hydrogens (primary N) is 1. The zero-order chi connectivity index (χ0) is 31.6. The van der Waals surface area contributed by atoms with E-state index in [-0.39, 0.29) is 12.2 Å². The van der Waals surface area contributed by atoms with E-state index in [0.29, 0.717) is 69.0 Å². The molecule has 3 aromatic carbocycles. The number of pyridine rings is 2. The number of ether oxygens (including phenoxy) is 4. The predicted molar refractivity (Wildman–Crippen MR) is 170 cm³/mol. The number of halogens is 2. The first-order chi connectivity index (χ1) is 21.9. The smallest absolute Gasteiger partial charge is 0.255 e. The Labute approximate surface area is 268 Å². The molecule has 5 aromatic rings. The molecule has 0 bridgehead atoms. The van der Waals surface area contributed by atoms with Crippen LogP contribution in [0.4, 0.5) is 11.4 Å². The van der Waals surface area contributed by atoms with Crippen molar-refractivity contribution in [1.82, 2.24) is 9.97 Å². The number of carbonyl (C=O) groups is 2. The molecule has 1 amide bonds. The van der Waals surface area contributed by atoms with Crippen molar-refractivity contribution in [3.05, 3.63) is 130 Å². The van der Waals surface area contributed by atoms with E-state index in [0.717, 1.165) is 11.8 Å². The van der Waals surface area contributed by atoms with Crippen molar-refractivity contribution in [2.75, 3.05) is 24.3 Å². The molecular formula is C33H26Cl2N4O6. The molecule has 1 aliphatic heterocycles. The third-order valence-electron chi connectivity index (χ3n) is 6.17. The van der Waals surface area contributed by atoms with Gasteiger partial charge >= 0.3 is 0 Å². The fraction of sp³-hybridized carbons (Fsp3) is 0.0909. The molecule has 10 nitrogen and oxygen atoms in total. The molecule has 6 rings (SSSR count). The van der Waals surface area contributed by atoms with E-state index in [9.17, 15) is 9.59 Å². The van der Waals surface area contributed by atoms with Gasteiger partial charge in [0.1, 0.15) is 17.8 Å². The van der Waals surface area contributed by atoms with Crippen LogP contribution >= 0.6 is 23.2 Å². The summed E-state index contributed by atoms with van der Waals surface area (Å²) in [5.41, 5.74) is 8.60. The maximum atomic E-state index is 12.2. The molecule has 228 valence electrons. The molecule has 12 heteroatoms. The SMILES string of the molecule is Nc1ccc(Oc2ccc(C3OCCO3)cc2)nc1.O=Cc1ccc(Oc2ccc(NC(=O)c3ccc(Cl)c(Cl)c3)cn2)cc1. The second-order valence-corrected chi connectivity index (χ2v) is 10.2. The lowest BCUT2D eigenvalue weighted by Crippen LogP contribution is -2.12. The number of amides is 1. The summed E-state index contributed by atoms with van der Waals surface area (Å²) in [6.45, 7) is 1.27. The maximum Gasteiger partial charge on any atom is 0.255 e. The van der Waals surface area contributed by atoms with E-state index in [1.807, 2.05) is 24.3 Å². The summed E-state index contributed by atoms with van der Waals surface area (Å²) in [5, 5.41) is 3.40. The van der Waals surface area contributed by atoms with E-state index in [1.165, 1.54) is 12.3 Å². The van der Waals surface area contributed by atoms with Gasteiger partial charge < -0.3 is 30.0 Å². The number of benzene rings is 3. The summed E-state index contributed by atoms with van der Waals surface area (Å²) >= 11 is 11.8. The summed E-state index contributed by atoms with van der Waals surface area (Å²) in [5.74, 6) is 1.80. The number of nitrogens with zero attached hydrogens (tertiary/aromatic N) is 2. The van der Waals surface area contributed by atoms with Crippen molar-refractivity contribution >= 4 is 46.8 Å². The Morgan fingerprint density at radius 3 is 1.98 bits per heavy atom. The van der Waals surface area contributed by atoms with E-state index in [4.69, 9.17) is 47.9 Å². The van der Waals surface area contributed by atoms with Crippen LogP contribution in [0.15, 0.2) is 103 Å². The summed E-state index contributed by atoms with van der Waals surface area (Å²) in [6.07, 6.45) is 3.53. The summed E-state index contributed by atoms with van der Waals surface area (Å²) < 4.78 is 22.0. The Morgan fingerprint density at radius 1 is 0.800 bits per heavy atom. The monoisotopic (exact) mass is 644 g/mol. The number of anilines is 2. The molecule has 1 aliphatic rings. The minimum atomic E-state index is -0.330. The van der Waals surface area contributed by atoms with Crippen LogP contribution in [0.2, 0.25) is 10.0 Å². The second-order valence-electron chi connectivity index (χ2n) is 9.43. The van der Waals surface area contributed by atoms with E-state index < -0.39 is 0 Å². The largest absolute Gasteiger partial charge is 0.439 e. The maximum absolute atomic E-state index is 12.2. The van der Waals surface area contributed by atoms with Crippen molar-refractivity contribution in [3.8, 4) is 23.3 Å². The highest BCUT2D eigenvalue weighted by Crippen LogP contribution is 2.27. The highest BCUT2D eigenvalue weighted by atomic mass is 35.5. The zero-order valence-electron chi connectivity index (χ0n) is 23.6. The normalized spacial score (nSPS) is 12.5. The van der Waals surface area contributed by atoms with Crippen LogP contribution in [0.3, 0.4) is 0 Å². The lowest BCUT2D eigenvalue weighted by atomic mass is 10.2. The lowest BCUT2D eigenvalue weighted by molar-refractivity contribution is -0.0441. The summed E-state index contributed by atoms with van der Waals surface area (Å²) in [7, 11) is 0. The quantitative estimate of drug-likeness (QED) is 0.162. The minimum Gasteiger partial charge on any atom is -0.439 e. The molecule has 0 aliphatic carbocycles. The summed E-state index contributed by atoms with van der Waals surface area (Å²) in [4.78, 5) is 31.1. The van der Waals surface area contributed by atoms with Gasteiger partial charge in [-0.2, -0.15) is 0 Å². The Hall–Kier alpha value is -5.00. The van der Waals surface area contributed by atoms with Crippen molar-refractivity contribution in [3.63, 3.8) is 0 Å². The van der Waals surface area contributed by atoms with E-state index in [2.05, 4.69) is 15.3 Å². The molecule has 0 atom stereocenters. The third-order valence-corrected chi connectivity index (χ3v) is 6.91. The first-order valence-electron chi connectivity index (χ1n) is 13.5. The van der Waals surface area contributed by atoms with Crippen LogP contribution in [-0.2, 0) is 9.47 Å². The van der Waals surface area contributed by atoms with Crippen LogP contribution < -0.4 is 20.5 Å². The van der Waals surface area contributed by atoms with Gasteiger partial charge in [0.2, 0.25) is 11.8 Å². The van der Waals surface area contributed by atoms with Crippen molar-refractivity contribution in [2.24, 2.45) is 0 Å². The van der Waals surface area contributed by atoms with Gasteiger partial charge in [-0.25, -0.2) is 9.97 Å². The van der Waals surface area contributed by atoms with E-state index in [1.54, 1.807) is 66.9 Å². The molecule has 0 spiro atoms. The molecule has 3 N–H and O–H groups in total. The molecule has 0 saturated carbocycles. The number of hydrogen-bond donors (Lipinski definition) is 2. The molecule has 0 unspecified atom stereocenters. The molecule has 1 saturated heterocycles. The number of nitrogens with one attached hydrogen (secondary N) is 1. The average Bonchev–Trinajstić information content (AvgIpc) is 3.61. The van der Waals surface area contributed by atoms with Crippen molar-refractivity contribution in [1.29, 1.82) is 0 Å². The Kier molecular flexibility index (Phi) is 10.6. The standard InChI is InChI=1S/C19H12Cl2N2O3.C14H14N2O3/c20-16-7-3-13(9-17(16)21)19(25)23-14-4-8-18(22-10-14)26-15-5-1-12(11-24)2-6-15;15-11-3-6-13(16-9-11)19-12-4-1-10(2-5-12)14-17-7-8-18-14/h1-11H,(H,23,25);1-6,9,14H,7-8,15H2. The molecule has 3 heterocycles. The van der Waals surface area contributed by atoms with Gasteiger partial charge in [0, 0.05) is 28.8 Å². The Balaban J connectivity index is 0.000000186. The lowest BCUT2D eigenvalue weighted by Gasteiger charge is -2.10. The molecule has 2 aromatic heterocycles. The van der Waals surface area contributed by atoms with Gasteiger partial charge in [-0.15, -0.1) is 0 Å². The highest BCUT2D eigenvalue weighted by Gasteiger charge is 2.18. The van der Waals surface area contributed by atoms with E-state index >= 15 is 0 Å². The van der Waals surface area contributed by atoms with Gasteiger partial charge in [-0.3, -0.25) is 9.59 Å². The fourth-order valence-corrected chi connectivity index (χ4v) is 4.21. The first kappa shape index (κ1) is 31.4. The van der Waals surface area contributed by atoms with Crippen LogP contribution in [0, 0.1) is 0 Å². The van der Waals surface area contributed by atoms with Gasteiger partial charge in [-0.1, -0.05) is 35.3 Å². The average molecular weight is 645 g/mol. The number of nitrogen functional groups attached to an aromatic ring is 1. The predicted octanol–water partition coefficient (Wildman–Crippen LogP) is 7.75. The first-order valence-corrected chi connectivity index (χ1v) is 14.3. The minimum absolute atomic E-state index is 0.260. The van der Waals surface area contributed by atoms with Crippen molar-refractivity contribution < 1.29 is 28.5 Å². The fourth-order valence-electron chi connectivity index (χ4n) is 3.91. The van der Waals surface area contributed by atoms with Crippen LogP contribution in [0.25, 0.3) is 0 Å². The molecule has 1 fully saturated rings. The molecule has 45 heavy (non-hydrogen) atoms. The van der Waals surface area contributed by atoms with Crippen LogP contribution in [-0.4, -0.2) is 35.4 Å². The Bertz CT molecular complexity index is 1730.